The third-order valence-electron chi connectivity index (χ3n) is 1.72. The Morgan fingerprint density at radius 3 is 2.73 bits per heavy atom. The smallest absolute Gasteiger partial charge is 0.137 e. The standard InChI is InChI=1S/C7H14N4/c1-6(2)7(8)3-11-5-9-4-10-11/h4-7H,3,8H2,1-2H3/t7-/m0/s1. The SMILES string of the molecule is CC(C)[C@@H](N)Cn1cncn1. The molecule has 1 atom stereocenters. The molecule has 0 saturated heterocycles. The van der Waals surface area contributed by atoms with Gasteiger partial charge in [0.25, 0.3) is 0 Å². The Kier molecular flexibility index (Phi) is 2.59. The van der Waals surface area contributed by atoms with E-state index in [1.54, 1.807) is 11.0 Å². The topological polar surface area (TPSA) is 56.7 Å². The summed E-state index contributed by atoms with van der Waals surface area (Å²) in [6, 6.07) is 0.164. The first-order valence-corrected chi connectivity index (χ1v) is 3.78. The Morgan fingerprint density at radius 1 is 1.55 bits per heavy atom. The highest BCUT2D eigenvalue weighted by atomic mass is 15.3. The summed E-state index contributed by atoms with van der Waals surface area (Å²) >= 11 is 0. The fraction of sp³-hybridized carbons (Fsp3) is 0.714. The van der Waals surface area contributed by atoms with Crippen LogP contribution in [0.2, 0.25) is 0 Å². The third kappa shape index (κ3) is 2.31. The van der Waals surface area contributed by atoms with Gasteiger partial charge in [-0.25, -0.2) is 4.98 Å². The molecular formula is C7H14N4. The van der Waals surface area contributed by atoms with E-state index in [1.807, 2.05) is 0 Å². The summed E-state index contributed by atoms with van der Waals surface area (Å²) in [5.74, 6) is 0.485. The van der Waals surface area contributed by atoms with E-state index >= 15 is 0 Å². The molecule has 0 aromatic carbocycles. The second kappa shape index (κ2) is 3.48. The van der Waals surface area contributed by atoms with Crippen LogP contribution in [0.15, 0.2) is 12.7 Å². The summed E-state index contributed by atoms with van der Waals surface area (Å²) in [5.41, 5.74) is 5.82. The lowest BCUT2D eigenvalue weighted by Crippen LogP contribution is -2.31. The van der Waals surface area contributed by atoms with Gasteiger partial charge in [0.1, 0.15) is 12.7 Å². The Hall–Kier alpha value is -0.900. The summed E-state index contributed by atoms with van der Waals surface area (Å²) in [7, 11) is 0. The molecule has 0 unspecified atom stereocenters. The molecule has 0 fully saturated rings. The summed E-state index contributed by atoms with van der Waals surface area (Å²) in [4.78, 5) is 3.83. The lowest BCUT2D eigenvalue weighted by atomic mass is 10.1. The maximum absolute atomic E-state index is 5.82. The minimum atomic E-state index is 0.164. The normalized spacial score (nSPS) is 13.8. The van der Waals surface area contributed by atoms with Crippen molar-refractivity contribution in [1.82, 2.24) is 14.8 Å². The predicted molar refractivity (Wildman–Crippen MR) is 42.8 cm³/mol. The molecule has 1 aromatic heterocycles. The van der Waals surface area contributed by atoms with Crippen LogP contribution < -0.4 is 5.73 Å². The molecule has 62 valence electrons. The van der Waals surface area contributed by atoms with Gasteiger partial charge < -0.3 is 5.73 Å². The van der Waals surface area contributed by atoms with Crippen LogP contribution in [-0.4, -0.2) is 20.8 Å². The molecule has 1 heterocycles. The predicted octanol–water partition coefficient (Wildman–Crippen LogP) is 0.261. The zero-order chi connectivity index (χ0) is 8.27. The molecule has 0 aliphatic rings. The summed E-state index contributed by atoms with van der Waals surface area (Å²) in [6.07, 6.45) is 3.20. The second-order valence-corrected chi connectivity index (χ2v) is 3.03. The van der Waals surface area contributed by atoms with E-state index in [-0.39, 0.29) is 6.04 Å². The molecule has 0 radical (unpaired) electrons. The first-order chi connectivity index (χ1) is 5.20. The summed E-state index contributed by atoms with van der Waals surface area (Å²) in [5, 5.41) is 3.96. The zero-order valence-electron chi connectivity index (χ0n) is 6.94. The van der Waals surface area contributed by atoms with Gasteiger partial charge in [-0.3, -0.25) is 4.68 Å². The molecule has 0 aliphatic heterocycles. The van der Waals surface area contributed by atoms with Crippen molar-refractivity contribution in [2.45, 2.75) is 26.4 Å². The number of aromatic nitrogens is 3. The maximum atomic E-state index is 5.82. The molecule has 11 heavy (non-hydrogen) atoms. The molecule has 0 spiro atoms. The van der Waals surface area contributed by atoms with Gasteiger partial charge in [0.2, 0.25) is 0 Å². The van der Waals surface area contributed by atoms with E-state index in [9.17, 15) is 0 Å². The van der Waals surface area contributed by atoms with Crippen molar-refractivity contribution in [3.63, 3.8) is 0 Å². The molecule has 0 bridgehead atoms. The number of nitrogens with zero attached hydrogens (tertiary/aromatic N) is 3. The van der Waals surface area contributed by atoms with Crippen molar-refractivity contribution >= 4 is 0 Å². The molecule has 0 amide bonds. The van der Waals surface area contributed by atoms with E-state index in [2.05, 4.69) is 23.9 Å². The quantitative estimate of drug-likeness (QED) is 0.679. The van der Waals surface area contributed by atoms with Crippen LogP contribution in [0.4, 0.5) is 0 Å². The molecule has 4 heteroatoms. The fourth-order valence-electron chi connectivity index (χ4n) is 0.754. The zero-order valence-corrected chi connectivity index (χ0v) is 6.94. The first kappa shape index (κ1) is 8.20. The first-order valence-electron chi connectivity index (χ1n) is 3.78. The van der Waals surface area contributed by atoms with Crippen molar-refractivity contribution in [2.75, 3.05) is 0 Å². The third-order valence-corrected chi connectivity index (χ3v) is 1.72. The summed E-state index contributed by atoms with van der Waals surface area (Å²) in [6.45, 7) is 4.95. The Morgan fingerprint density at radius 2 is 2.27 bits per heavy atom. The van der Waals surface area contributed by atoms with Crippen LogP contribution in [0.5, 0.6) is 0 Å². The van der Waals surface area contributed by atoms with Gasteiger partial charge in [0, 0.05) is 6.04 Å². The average Bonchev–Trinajstić information content (AvgIpc) is 2.39. The highest BCUT2D eigenvalue weighted by molar-refractivity contribution is 4.67. The Labute approximate surface area is 66.4 Å². The Bertz CT molecular complexity index is 192. The van der Waals surface area contributed by atoms with Crippen molar-refractivity contribution in [3.8, 4) is 0 Å². The van der Waals surface area contributed by atoms with E-state index in [0.29, 0.717) is 5.92 Å². The molecule has 1 rings (SSSR count). The molecule has 4 nitrogen and oxygen atoms in total. The van der Waals surface area contributed by atoms with Gasteiger partial charge in [-0.1, -0.05) is 13.8 Å². The molecule has 0 saturated carbocycles. The van der Waals surface area contributed by atoms with Crippen molar-refractivity contribution in [1.29, 1.82) is 0 Å². The van der Waals surface area contributed by atoms with Crippen LogP contribution in [0.1, 0.15) is 13.8 Å². The van der Waals surface area contributed by atoms with Crippen LogP contribution >= 0.6 is 0 Å². The highest BCUT2D eigenvalue weighted by Gasteiger charge is 2.07. The number of hydrogen-bond acceptors (Lipinski definition) is 3. The molecule has 0 aliphatic carbocycles. The highest BCUT2D eigenvalue weighted by Crippen LogP contribution is 1.99. The number of hydrogen-bond donors (Lipinski definition) is 1. The van der Waals surface area contributed by atoms with Crippen LogP contribution in [-0.2, 0) is 6.54 Å². The van der Waals surface area contributed by atoms with E-state index in [0.717, 1.165) is 6.54 Å². The fourth-order valence-corrected chi connectivity index (χ4v) is 0.754. The maximum Gasteiger partial charge on any atom is 0.137 e. The number of rotatable bonds is 3. The summed E-state index contributed by atoms with van der Waals surface area (Å²) < 4.78 is 1.75. The minimum absolute atomic E-state index is 0.164. The largest absolute Gasteiger partial charge is 0.326 e. The Balaban J connectivity index is 2.43. The molecule has 1 aromatic rings. The van der Waals surface area contributed by atoms with Crippen molar-refractivity contribution in [2.24, 2.45) is 11.7 Å². The van der Waals surface area contributed by atoms with Gasteiger partial charge in [-0.05, 0) is 5.92 Å². The monoisotopic (exact) mass is 154 g/mol. The van der Waals surface area contributed by atoms with E-state index < -0.39 is 0 Å². The van der Waals surface area contributed by atoms with Gasteiger partial charge >= 0.3 is 0 Å². The minimum Gasteiger partial charge on any atom is -0.326 e. The lowest BCUT2D eigenvalue weighted by molar-refractivity contribution is 0.413. The van der Waals surface area contributed by atoms with Crippen LogP contribution in [0, 0.1) is 5.92 Å². The van der Waals surface area contributed by atoms with Crippen molar-refractivity contribution in [3.05, 3.63) is 12.7 Å². The van der Waals surface area contributed by atoms with E-state index in [4.69, 9.17) is 5.73 Å². The van der Waals surface area contributed by atoms with Crippen LogP contribution in [0.3, 0.4) is 0 Å². The van der Waals surface area contributed by atoms with Gasteiger partial charge in [0.05, 0.1) is 6.54 Å². The van der Waals surface area contributed by atoms with Crippen LogP contribution in [0.25, 0.3) is 0 Å². The molecular weight excluding hydrogens is 140 g/mol. The second-order valence-electron chi connectivity index (χ2n) is 3.03. The van der Waals surface area contributed by atoms with E-state index in [1.165, 1.54) is 6.33 Å². The van der Waals surface area contributed by atoms with Gasteiger partial charge in [-0.15, -0.1) is 0 Å². The van der Waals surface area contributed by atoms with Gasteiger partial charge in [-0.2, -0.15) is 5.10 Å². The number of nitrogens with two attached hydrogens (primary N) is 1. The average molecular weight is 154 g/mol. The lowest BCUT2D eigenvalue weighted by Gasteiger charge is -2.14. The molecule has 2 N–H and O–H groups in total. The van der Waals surface area contributed by atoms with Gasteiger partial charge in [0.15, 0.2) is 0 Å². The van der Waals surface area contributed by atoms with Crippen molar-refractivity contribution < 1.29 is 0 Å².